The fourth-order valence-electron chi connectivity index (χ4n) is 1.36. The molecule has 1 saturated carbocycles. The van der Waals surface area contributed by atoms with Gasteiger partial charge in [-0.15, -0.1) is 0 Å². The standard InChI is InChI=1S/C7H17N3OS/c1-10(2)7-4-6(5-7)9-12(3,8)11/h6-7H,4-5H2,1-3H3,(H2,8,9,11). The summed E-state index contributed by atoms with van der Waals surface area (Å²) in [5, 5.41) is 5.31. The van der Waals surface area contributed by atoms with Gasteiger partial charge >= 0.3 is 0 Å². The van der Waals surface area contributed by atoms with Crippen molar-refractivity contribution >= 4 is 9.92 Å². The third-order valence-corrected chi connectivity index (χ3v) is 2.89. The molecule has 0 aromatic carbocycles. The van der Waals surface area contributed by atoms with Crippen LogP contribution in [0.1, 0.15) is 12.8 Å². The van der Waals surface area contributed by atoms with E-state index in [0.29, 0.717) is 6.04 Å². The Kier molecular flexibility index (Phi) is 2.75. The summed E-state index contributed by atoms with van der Waals surface area (Å²) in [7, 11) is 1.72. The zero-order chi connectivity index (χ0) is 9.35. The third kappa shape index (κ3) is 2.73. The van der Waals surface area contributed by atoms with E-state index in [1.807, 2.05) is 14.1 Å². The van der Waals surface area contributed by atoms with Crippen LogP contribution in [-0.2, 0) is 9.92 Å². The van der Waals surface area contributed by atoms with Crippen molar-refractivity contribution in [1.29, 1.82) is 0 Å². The van der Waals surface area contributed by atoms with E-state index in [0.717, 1.165) is 12.8 Å². The lowest BCUT2D eigenvalue weighted by molar-refractivity contribution is 0.170. The molecule has 0 saturated heterocycles. The van der Waals surface area contributed by atoms with Crippen LogP contribution in [0.25, 0.3) is 0 Å². The summed E-state index contributed by atoms with van der Waals surface area (Å²) >= 11 is 0. The number of rotatable bonds is 2. The average molecular weight is 191 g/mol. The van der Waals surface area contributed by atoms with Crippen molar-refractivity contribution in [2.75, 3.05) is 20.4 Å². The summed E-state index contributed by atoms with van der Waals surface area (Å²) in [4.78, 5) is 2.17. The van der Waals surface area contributed by atoms with Crippen LogP contribution in [0.2, 0.25) is 0 Å². The average Bonchev–Trinajstić information content (AvgIpc) is 1.74. The Bertz CT molecular complexity index is 254. The van der Waals surface area contributed by atoms with Crippen molar-refractivity contribution in [1.82, 2.24) is 4.90 Å². The van der Waals surface area contributed by atoms with Crippen LogP contribution >= 0.6 is 0 Å². The predicted octanol–water partition coefficient (Wildman–Crippen LogP) is 0.0505. The third-order valence-electron chi connectivity index (χ3n) is 2.18. The monoisotopic (exact) mass is 191 g/mol. The van der Waals surface area contributed by atoms with E-state index in [2.05, 4.69) is 9.26 Å². The van der Waals surface area contributed by atoms with Crippen molar-refractivity contribution in [2.45, 2.75) is 24.9 Å². The molecule has 1 atom stereocenters. The summed E-state index contributed by atoms with van der Waals surface area (Å²) in [6.45, 7) is 0. The lowest BCUT2D eigenvalue weighted by Crippen LogP contribution is -2.43. The van der Waals surface area contributed by atoms with Crippen LogP contribution in [0, 0.1) is 0 Å². The summed E-state index contributed by atoms with van der Waals surface area (Å²) in [5.41, 5.74) is 0. The van der Waals surface area contributed by atoms with Crippen molar-refractivity contribution in [3.8, 4) is 0 Å². The van der Waals surface area contributed by atoms with E-state index in [1.54, 1.807) is 0 Å². The maximum absolute atomic E-state index is 11.1. The van der Waals surface area contributed by atoms with Crippen LogP contribution < -0.4 is 5.14 Å². The van der Waals surface area contributed by atoms with Gasteiger partial charge in [0.15, 0.2) is 0 Å². The second-order valence-corrected chi connectivity index (χ2v) is 5.64. The molecule has 1 fully saturated rings. The number of nitrogens with zero attached hydrogens (tertiary/aromatic N) is 2. The zero-order valence-corrected chi connectivity index (χ0v) is 8.67. The van der Waals surface area contributed by atoms with Crippen LogP contribution in [0.3, 0.4) is 0 Å². The van der Waals surface area contributed by atoms with Gasteiger partial charge in [-0.05, 0) is 26.9 Å². The van der Waals surface area contributed by atoms with E-state index in [-0.39, 0.29) is 6.04 Å². The predicted molar refractivity (Wildman–Crippen MR) is 51.2 cm³/mol. The molecule has 0 heterocycles. The SMILES string of the molecule is CN(C)C1CC(N=S(C)(N)=O)C1. The first-order chi connectivity index (χ1) is 5.38. The molecule has 1 unspecified atom stereocenters. The summed E-state index contributed by atoms with van der Waals surface area (Å²) in [6, 6.07) is 0.820. The topological polar surface area (TPSA) is 58.7 Å². The van der Waals surface area contributed by atoms with E-state index >= 15 is 0 Å². The molecule has 4 nitrogen and oxygen atoms in total. The first-order valence-electron chi connectivity index (χ1n) is 4.04. The highest BCUT2D eigenvalue weighted by Crippen LogP contribution is 2.27. The van der Waals surface area contributed by atoms with Gasteiger partial charge in [0, 0.05) is 12.3 Å². The second-order valence-electron chi connectivity index (χ2n) is 3.71. The minimum atomic E-state index is -2.38. The van der Waals surface area contributed by atoms with Gasteiger partial charge in [-0.25, -0.2) is 13.7 Å². The Morgan fingerprint density at radius 3 is 2.33 bits per heavy atom. The Morgan fingerprint density at radius 2 is 2.00 bits per heavy atom. The van der Waals surface area contributed by atoms with Crippen molar-refractivity contribution in [3.05, 3.63) is 0 Å². The number of hydrogen-bond acceptors (Lipinski definition) is 3. The Labute approximate surface area is 74.4 Å². The van der Waals surface area contributed by atoms with Gasteiger partial charge in [-0.3, -0.25) is 0 Å². The van der Waals surface area contributed by atoms with Gasteiger partial charge in [0.1, 0.15) is 9.92 Å². The minimum Gasteiger partial charge on any atom is -0.306 e. The minimum absolute atomic E-state index is 0.222. The fourth-order valence-corrected chi connectivity index (χ4v) is 2.13. The molecule has 0 aromatic rings. The van der Waals surface area contributed by atoms with E-state index in [9.17, 15) is 4.21 Å². The Morgan fingerprint density at radius 1 is 1.50 bits per heavy atom. The molecule has 2 N–H and O–H groups in total. The summed E-state index contributed by atoms with van der Waals surface area (Å²) in [6.07, 6.45) is 3.47. The van der Waals surface area contributed by atoms with Crippen molar-refractivity contribution in [2.24, 2.45) is 9.50 Å². The first-order valence-corrected chi connectivity index (χ1v) is 6.02. The van der Waals surface area contributed by atoms with Crippen LogP contribution in [0.4, 0.5) is 0 Å². The number of nitrogens with two attached hydrogens (primary N) is 1. The Balaban J connectivity index is 2.42. The van der Waals surface area contributed by atoms with Gasteiger partial charge in [-0.1, -0.05) is 0 Å². The highest BCUT2D eigenvalue weighted by Gasteiger charge is 2.30. The lowest BCUT2D eigenvalue weighted by Gasteiger charge is -2.37. The maximum Gasteiger partial charge on any atom is 0.102 e. The van der Waals surface area contributed by atoms with Crippen molar-refractivity contribution in [3.63, 3.8) is 0 Å². The first kappa shape index (κ1) is 9.95. The van der Waals surface area contributed by atoms with E-state index in [1.165, 1.54) is 6.26 Å². The van der Waals surface area contributed by atoms with Gasteiger partial charge in [0.25, 0.3) is 0 Å². The summed E-state index contributed by atoms with van der Waals surface area (Å²) < 4.78 is 15.1. The largest absolute Gasteiger partial charge is 0.306 e. The van der Waals surface area contributed by atoms with E-state index < -0.39 is 9.92 Å². The molecular weight excluding hydrogens is 174 g/mol. The number of hydrogen-bond donors (Lipinski definition) is 1. The molecule has 0 aliphatic heterocycles. The second kappa shape index (κ2) is 3.32. The highest BCUT2D eigenvalue weighted by molar-refractivity contribution is 7.90. The molecule has 1 aliphatic rings. The van der Waals surface area contributed by atoms with Gasteiger partial charge < -0.3 is 4.90 Å². The molecule has 1 aliphatic carbocycles. The summed E-state index contributed by atoms with van der Waals surface area (Å²) in [5.74, 6) is 0. The Hall–Kier alpha value is -0.130. The molecule has 5 heteroatoms. The van der Waals surface area contributed by atoms with Gasteiger partial charge in [0.2, 0.25) is 0 Å². The van der Waals surface area contributed by atoms with Gasteiger partial charge in [0.05, 0.1) is 6.04 Å². The smallest absolute Gasteiger partial charge is 0.102 e. The molecule has 0 radical (unpaired) electrons. The molecular formula is C7H17N3OS. The maximum atomic E-state index is 11.1. The van der Waals surface area contributed by atoms with E-state index in [4.69, 9.17) is 5.14 Å². The highest BCUT2D eigenvalue weighted by atomic mass is 32.2. The quantitative estimate of drug-likeness (QED) is 0.670. The molecule has 1 rings (SSSR count). The molecule has 12 heavy (non-hydrogen) atoms. The van der Waals surface area contributed by atoms with Gasteiger partial charge in [-0.2, -0.15) is 0 Å². The molecule has 0 bridgehead atoms. The normalized spacial score (nSPS) is 34.1. The molecule has 0 amide bonds. The van der Waals surface area contributed by atoms with Crippen LogP contribution in [0.5, 0.6) is 0 Å². The molecule has 72 valence electrons. The fraction of sp³-hybridized carbons (Fsp3) is 1.00. The molecule has 0 spiro atoms. The van der Waals surface area contributed by atoms with Crippen LogP contribution in [-0.4, -0.2) is 41.5 Å². The zero-order valence-electron chi connectivity index (χ0n) is 7.86. The lowest BCUT2D eigenvalue weighted by atomic mass is 9.87. The molecule has 0 aromatic heterocycles. The van der Waals surface area contributed by atoms with Crippen molar-refractivity contribution < 1.29 is 4.21 Å². The van der Waals surface area contributed by atoms with Crippen LogP contribution in [0.15, 0.2) is 4.36 Å².